The van der Waals surface area contributed by atoms with Crippen LogP contribution in [0.15, 0.2) is 121 Å². The van der Waals surface area contributed by atoms with Crippen LogP contribution in [0.5, 0.6) is 40.2 Å². The van der Waals surface area contributed by atoms with Gasteiger partial charge in [-0.05, 0) is 149 Å². The number of esters is 1. The number of methoxy groups -OCH3 is 4. The molecule has 0 saturated carbocycles. The zero-order valence-corrected chi connectivity index (χ0v) is 64.4. The second-order valence-electron chi connectivity index (χ2n) is 30.7. The summed E-state index contributed by atoms with van der Waals surface area (Å²) in [4.78, 5) is 106. The molecule has 7 aliphatic rings. The van der Waals surface area contributed by atoms with Crippen molar-refractivity contribution in [3.63, 3.8) is 0 Å². The lowest BCUT2D eigenvalue weighted by molar-refractivity contribution is -0.159. The third kappa shape index (κ3) is 19.0. The van der Waals surface area contributed by atoms with E-state index in [1.54, 1.807) is 154 Å². The van der Waals surface area contributed by atoms with Gasteiger partial charge >= 0.3 is 13.8 Å². The topological polar surface area (TPSA) is 331 Å². The van der Waals surface area contributed by atoms with Crippen molar-refractivity contribution in [2.24, 2.45) is 5.41 Å². The van der Waals surface area contributed by atoms with Crippen molar-refractivity contribution >= 4 is 49.1 Å². The number of carbonyl (C=O) groups is 7. The number of phenolic OH excluding ortho intramolecular Hbond substituents is 1. The molecule has 0 bridgehead atoms. The van der Waals surface area contributed by atoms with Crippen molar-refractivity contribution in [3.05, 3.63) is 138 Å². The first kappa shape index (κ1) is 79.7. The molecule has 15 atom stereocenters. The van der Waals surface area contributed by atoms with Crippen LogP contribution in [0.3, 0.4) is 0 Å². The van der Waals surface area contributed by atoms with E-state index < -0.39 is 91.4 Å². The average molecular weight is 1520 g/mol. The van der Waals surface area contributed by atoms with Crippen LogP contribution >= 0.6 is 7.82 Å². The highest BCUT2D eigenvalue weighted by Crippen LogP contribution is 2.54. The summed E-state index contributed by atoms with van der Waals surface area (Å²) in [6, 6.07) is 27.8. The van der Waals surface area contributed by atoms with Gasteiger partial charge in [0.25, 0.3) is 0 Å². The maximum absolute atomic E-state index is 16.3. The Morgan fingerprint density at radius 1 is 0.587 bits per heavy atom. The smallest absolute Gasteiger partial charge is 0.508 e. The van der Waals surface area contributed by atoms with Gasteiger partial charge in [-0.1, -0.05) is 81.4 Å². The highest BCUT2D eigenvalue weighted by molar-refractivity contribution is 7.49. The number of nitrogens with zero attached hydrogens (tertiary/aromatic N) is 2. The Morgan fingerprint density at radius 3 is 1.79 bits per heavy atom. The second-order valence-corrected chi connectivity index (χ2v) is 32.2. The van der Waals surface area contributed by atoms with E-state index >= 15 is 14.4 Å². The van der Waals surface area contributed by atoms with Crippen LogP contribution in [-0.2, 0) is 71.4 Å². The highest BCUT2D eigenvalue weighted by atomic mass is 31.2. The molecule has 5 aromatic rings. The van der Waals surface area contributed by atoms with Crippen LogP contribution in [0.2, 0.25) is 0 Å². The molecular formula is C81H106N9O18P. The fourth-order valence-corrected chi connectivity index (χ4v) is 18.7. The lowest BCUT2D eigenvalue weighted by Crippen LogP contribution is -2.61. The average Bonchev–Trinajstić information content (AvgIpc) is 1.77. The molecule has 7 aliphatic heterocycles. The summed E-state index contributed by atoms with van der Waals surface area (Å²) in [7, 11) is 1.17. The second kappa shape index (κ2) is 35.5. The van der Waals surface area contributed by atoms with E-state index in [1.807, 2.05) is 4.90 Å². The largest absolute Gasteiger partial charge is 0.587 e. The number of ether oxygens (including phenoxy) is 6. The van der Waals surface area contributed by atoms with E-state index in [-0.39, 0.29) is 127 Å². The summed E-state index contributed by atoms with van der Waals surface area (Å²) in [5.74, 6) is -1.14. The standard InChI is InChI=1S/C81H106N9O18P/c1-49(91)83-65(43-50-23-27-53(92)28-24-50)76(95)89-41-16-22-68(89)62-34-32-60(85-62)61-33-36-64(86-61)74(93)87-66(44-51-25-29-56(100-5)46-71(51)101-6)77(96)90-69(63-35-31-59(84-63)58-21-15-40-82-58)37-38-70(90)75(94)88-67(78(97)103-8)45-52-26-30-57(47-72(52)102-7)104-48-81(79(98)80(2,3)4)73(39-42-105-81)108-109(99,106-54-17-11-9-12-18-54)107-55-19-13-10-14-20-55/h9-14,17-20,23-30,46-47,58-70,73,82,84-86,92H,15-16,21-22,31-45,48H2,1-8H3,(H,83,91)(H,87,93)(H,88,94)/t58?,59?,60?,61?,62?,63?,64?,65-,66-,67-,68?,69?,70?,73?,81?/m0/s1. The number of phenols is 1. The van der Waals surface area contributed by atoms with E-state index in [0.717, 1.165) is 63.5 Å². The van der Waals surface area contributed by atoms with Crippen molar-refractivity contribution in [2.75, 3.05) is 54.7 Å². The molecule has 12 rings (SSSR count). The molecule has 7 fully saturated rings. The van der Waals surface area contributed by atoms with Crippen LogP contribution < -0.4 is 65.2 Å². The number of phosphoric ester groups is 1. The molecule has 0 aliphatic carbocycles. The molecule has 0 spiro atoms. The molecule has 27 nitrogen and oxygen atoms in total. The zero-order valence-electron chi connectivity index (χ0n) is 63.5. The molecular weight excluding hydrogens is 1420 g/mol. The van der Waals surface area contributed by atoms with Crippen LogP contribution in [0.4, 0.5) is 0 Å². The number of benzene rings is 5. The number of likely N-dealkylation sites (tertiary alicyclic amines) is 2. The number of aromatic hydroxyl groups is 1. The van der Waals surface area contributed by atoms with Gasteiger partial charge in [0.1, 0.15) is 77.1 Å². The number of Topliss-reactive ketones (excluding diaryl/α,β-unsaturated/α-hetero) is 1. The van der Waals surface area contributed by atoms with Gasteiger partial charge in [0.15, 0.2) is 11.4 Å². The summed E-state index contributed by atoms with van der Waals surface area (Å²) in [6.45, 7) is 7.72. The first-order valence-corrected chi connectivity index (χ1v) is 39.8. The molecule has 5 amide bonds. The number of carbonyl (C=O) groups excluding carboxylic acids is 7. The van der Waals surface area contributed by atoms with Gasteiger partial charge in [-0.3, -0.25) is 33.3 Å². The van der Waals surface area contributed by atoms with Crippen molar-refractivity contribution in [3.8, 4) is 40.2 Å². The lowest BCUT2D eigenvalue weighted by Gasteiger charge is -2.37. The number of rotatable bonds is 31. The number of phosphoric acid groups is 1. The van der Waals surface area contributed by atoms with Gasteiger partial charge in [-0.25, -0.2) is 9.36 Å². The minimum absolute atomic E-state index is 0.0204. The predicted molar refractivity (Wildman–Crippen MR) is 404 cm³/mol. The van der Waals surface area contributed by atoms with Crippen molar-refractivity contribution in [1.29, 1.82) is 0 Å². The molecule has 8 N–H and O–H groups in total. The van der Waals surface area contributed by atoms with Crippen molar-refractivity contribution in [1.82, 2.24) is 47.0 Å². The summed E-state index contributed by atoms with van der Waals surface area (Å²) >= 11 is 0. The van der Waals surface area contributed by atoms with Crippen molar-refractivity contribution < 1.29 is 85.2 Å². The van der Waals surface area contributed by atoms with Gasteiger partial charge in [0.05, 0.1) is 41.1 Å². The zero-order chi connectivity index (χ0) is 77.2. The number of hydrogen-bond donors (Lipinski definition) is 8. The van der Waals surface area contributed by atoms with Gasteiger partial charge in [0, 0.05) is 105 Å². The third-order valence-electron chi connectivity index (χ3n) is 22.5. The summed E-state index contributed by atoms with van der Waals surface area (Å²) < 4.78 is 68.9. The summed E-state index contributed by atoms with van der Waals surface area (Å²) in [5, 5.41) is 34.0. The van der Waals surface area contributed by atoms with Gasteiger partial charge in [-0.2, -0.15) is 0 Å². The van der Waals surface area contributed by atoms with E-state index in [9.17, 15) is 28.8 Å². The fraction of sp³-hybridized carbons (Fsp3) is 0.543. The molecule has 5 aromatic carbocycles. The maximum Gasteiger partial charge on any atom is 0.587 e. The Balaban J connectivity index is 0.764. The normalized spacial score (nSPS) is 26.3. The van der Waals surface area contributed by atoms with Crippen LogP contribution in [0.1, 0.15) is 128 Å². The molecule has 12 unspecified atom stereocenters. The Hall–Kier alpha value is -8.82. The minimum Gasteiger partial charge on any atom is -0.508 e. The molecule has 7 heterocycles. The Bertz CT molecular complexity index is 4010. The SMILES string of the molecule is COC(=O)[C@H](Cc1ccc(OCC2(C(=O)C(C)(C)C)OCCC2OP(=O)(Oc2ccccc2)Oc2ccccc2)cc1OC)NC(=O)C1CCC(C2CCC(C3CCCN3)N2)N1C(=O)[C@H](Cc1ccc(OC)cc1OC)NC(=O)C1CCC(C2CCC(C3CCCN3C(=O)[C@H](Cc3ccc(O)cc3)NC(C)=O)N2)N1. The first-order valence-electron chi connectivity index (χ1n) is 38.3. The van der Waals surface area contributed by atoms with E-state index in [4.69, 9.17) is 42.0 Å². The van der Waals surface area contributed by atoms with Crippen molar-refractivity contribution in [2.45, 2.75) is 221 Å². The maximum atomic E-state index is 16.3. The van der Waals surface area contributed by atoms with E-state index in [0.29, 0.717) is 48.4 Å². The van der Waals surface area contributed by atoms with Gasteiger partial charge in [0.2, 0.25) is 29.5 Å². The Morgan fingerprint density at radius 2 is 1.17 bits per heavy atom. The van der Waals surface area contributed by atoms with E-state index in [2.05, 4.69) is 37.2 Å². The lowest BCUT2D eigenvalue weighted by atomic mass is 9.78. The molecule has 0 aromatic heterocycles. The van der Waals surface area contributed by atoms with E-state index in [1.165, 1.54) is 28.3 Å². The van der Waals surface area contributed by atoms with Crippen LogP contribution in [0.25, 0.3) is 0 Å². The molecule has 0 radical (unpaired) electrons. The monoisotopic (exact) mass is 1520 g/mol. The number of nitrogens with one attached hydrogen (secondary N) is 7. The molecule has 588 valence electrons. The molecule has 28 heteroatoms. The van der Waals surface area contributed by atoms with Crippen LogP contribution in [0, 0.1) is 5.41 Å². The summed E-state index contributed by atoms with van der Waals surface area (Å²) in [5.41, 5.74) is -0.964. The predicted octanol–water partition coefficient (Wildman–Crippen LogP) is 7.36. The third-order valence-corrected chi connectivity index (χ3v) is 23.9. The minimum atomic E-state index is -4.56. The van der Waals surface area contributed by atoms with Gasteiger partial charge < -0.3 is 89.6 Å². The Labute approximate surface area is 637 Å². The molecule has 7 saturated heterocycles. The quantitative estimate of drug-likeness (QED) is 0.0159. The first-order chi connectivity index (χ1) is 52.4. The van der Waals surface area contributed by atoms with Crippen LogP contribution in [-0.4, -0.2) is 201 Å². The number of amides is 5. The number of para-hydroxylation sites is 2. The summed E-state index contributed by atoms with van der Waals surface area (Å²) in [6.07, 6.45) is 7.64. The number of ketones is 1. The number of hydrogen-bond acceptors (Lipinski definition) is 22. The fourth-order valence-electron chi connectivity index (χ4n) is 17.2. The molecule has 109 heavy (non-hydrogen) atoms. The van der Waals surface area contributed by atoms with Gasteiger partial charge in [-0.15, -0.1) is 0 Å². The highest BCUT2D eigenvalue weighted by Gasteiger charge is 2.59. The Kier molecular flexibility index (Phi) is 25.9.